The number of allylic oxidation sites excluding steroid dienone is 1. The molecule has 2 saturated heterocycles. The van der Waals surface area contributed by atoms with E-state index in [1.807, 2.05) is 13.8 Å². The van der Waals surface area contributed by atoms with Gasteiger partial charge < -0.3 is 18.6 Å². The van der Waals surface area contributed by atoms with Crippen LogP contribution < -0.4 is 0 Å². The first-order valence-corrected chi connectivity index (χ1v) is 16.9. The zero-order chi connectivity index (χ0) is 24.7. The van der Waals surface area contributed by atoms with Gasteiger partial charge in [-0.05, 0) is 70.0 Å². The Bertz CT molecular complexity index is 565. The third-order valence-electron chi connectivity index (χ3n) is 6.99. The Balaban J connectivity index is 0.000000730. The molecule has 0 aromatic rings. The maximum Gasteiger partial charge on any atom is 0.193 e. The molecule has 2 heterocycles. The first-order valence-electron chi connectivity index (χ1n) is 12.5. The molecule has 0 aromatic heterocycles. The molecule has 190 valence electrons. The minimum atomic E-state index is -1.92. The average molecular weight is 583 g/mol. The summed E-state index contributed by atoms with van der Waals surface area (Å²) in [6.07, 6.45) is 8.58. The number of halogens is 1. The van der Waals surface area contributed by atoms with Crippen LogP contribution in [-0.2, 0) is 18.6 Å². The van der Waals surface area contributed by atoms with Gasteiger partial charge in [0.1, 0.15) is 6.10 Å². The molecule has 0 saturated carbocycles. The minimum absolute atomic E-state index is 0.0514. The van der Waals surface area contributed by atoms with Crippen molar-refractivity contribution in [3.8, 4) is 0 Å². The molecule has 0 aromatic carbocycles. The summed E-state index contributed by atoms with van der Waals surface area (Å²) in [4.78, 5) is 0. The van der Waals surface area contributed by atoms with Crippen molar-refractivity contribution in [1.29, 1.82) is 0 Å². The van der Waals surface area contributed by atoms with Crippen LogP contribution in [0.1, 0.15) is 81.6 Å². The van der Waals surface area contributed by atoms with E-state index in [0.29, 0.717) is 17.9 Å². The van der Waals surface area contributed by atoms with Gasteiger partial charge in [0.2, 0.25) is 0 Å². The van der Waals surface area contributed by atoms with Crippen molar-refractivity contribution >= 4 is 30.9 Å². The SMILES string of the molecule is CC(C)[C@H](C)/C=C\C(O[Si](C)(C)C(C)(C)C)[C@H]1OC(C)(C)O[C@H]1CCI.CC1CCCO1. The second kappa shape index (κ2) is 13.0. The molecule has 0 aliphatic carbocycles. The van der Waals surface area contributed by atoms with Crippen LogP contribution in [0.4, 0.5) is 0 Å². The molecule has 2 fully saturated rings. The Morgan fingerprint density at radius 1 is 1.12 bits per heavy atom. The van der Waals surface area contributed by atoms with E-state index in [0.717, 1.165) is 17.5 Å². The van der Waals surface area contributed by atoms with Crippen molar-refractivity contribution in [1.82, 2.24) is 0 Å². The van der Waals surface area contributed by atoms with Crippen LogP contribution in [0.2, 0.25) is 18.1 Å². The van der Waals surface area contributed by atoms with Crippen LogP contribution in [0, 0.1) is 11.8 Å². The molecule has 5 atom stereocenters. The predicted octanol–water partition coefficient (Wildman–Crippen LogP) is 7.76. The van der Waals surface area contributed by atoms with Crippen LogP contribution in [-0.4, -0.2) is 49.6 Å². The summed E-state index contributed by atoms with van der Waals surface area (Å²) >= 11 is 2.42. The highest BCUT2D eigenvalue weighted by Crippen LogP contribution is 2.40. The summed E-state index contributed by atoms with van der Waals surface area (Å²) in [6.45, 7) is 25.4. The van der Waals surface area contributed by atoms with E-state index in [-0.39, 0.29) is 23.4 Å². The number of hydrogen-bond acceptors (Lipinski definition) is 4. The molecule has 0 N–H and O–H groups in total. The molecule has 6 heteroatoms. The van der Waals surface area contributed by atoms with Gasteiger partial charge >= 0.3 is 0 Å². The van der Waals surface area contributed by atoms with Gasteiger partial charge in [0.15, 0.2) is 14.1 Å². The maximum atomic E-state index is 6.83. The summed E-state index contributed by atoms with van der Waals surface area (Å²) < 4.78 is 25.6. The molecule has 0 bridgehead atoms. The second-order valence-corrected chi connectivity index (χ2v) is 17.6. The smallest absolute Gasteiger partial charge is 0.193 e. The fourth-order valence-electron chi connectivity index (χ4n) is 3.45. The van der Waals surface area contributed by atoms with E-state index < -0.39 is 14.1 Å². The maximum absolute atomic E-state index is 6.83. The summed E-state index contributed by atoms with van der Waals surface area (Å²) in [5.41, 5.74) is 0. The van der Waals surface area contributed by atoms with Crippen LogP contribution in [0.15, 0.2) is 12.2 Å². The summed E-state index contributed by atoms with van der Waals surface area (Å²) in [6, 6.07) is 0. The highest BCUT2D eigenvalue weighted by molar-refractivity contribution is 14.1. The van der Waals surface area contributed by atoms with Gasteiger partial charge in [-0.15, -0.1) is 0 Å². The lowest BCUT2D eigenvalue weighted by Gasteiger charge is -2.40. The van der Waals surface area contributed by atoms with Crippen molar-refractivity contribution < 1.29 is 18.6 Å². The van der Waals surface area contributed by atoms with Gasteiger partial charge in [0.25, 0.3) is 0 Å². The fourth-order valence-corrected chi connectivity index (χ4v) is 5.31. The van der Waals surface area contributed by atoms with E-state index >= 15 is 0 Å². The number of hydrogen-bond donors (Lipinski definition) is 0. The quantitative estimate of drug-likeness (QED) is 0.127. The van der Waals surface area contributed by atoms with Gasteiger partial charge in [-0.1, -0.05) is 76.3 Å². The Hall–Kier alpha value is 0.527. The molecule has 0 amide bonds. The monoisotopic (exact) mass is 582 g/mol. The lowest BCUT2D eigenvalue weighted by atomic mass is 9.96. The highest BCUT2D eigenvalue weighted by Gasteiger charge is 2.47. The van der Waals surface area contributed by atoms with E-state index in [2.05, 4.69) is 96.3 Å². The second-order valence-electron chi connectivity index (χ2n) is 11.8. The largest absolute Gasteiger partial charge is 0.408 e. The van der Waals surface area contributed by atoms with Crippen molar-refractivity contribution in [2.75, 3.05) is 11.0 Å². The van der Waals surface area contributed by atoms with E-state index in [1.165, 1.54) is 12.8 Å². The van der Waals surface area contributed by atoms with Crippen LogP contribution in [0.25, 0.3) is 0 Å². The van der Waals surface area contributed by atoms with Crippen LogP contribution >= 0.6 is 22.6 Å². The van der Waals surface area contributed by atoms with Crippen molar-refractivity contribution in [3.05, 3.63) is 12.2 Å². The minimum Gasteiger partial charge on any atom is -0.408 e. The third kappa shape index (κ3) is 10.0. The van der Waals surface area contributed by atoms with E-state index in [4.69, 9.17) is 18.6 Å². The lowest BCUT2D eigenvalue weighted by Crippen LogP contribution is -2.48. The summed E-state index contributed by atoms with van der Waals surface area (Å²) in [7, 11) is -1.92. The fraction of sp³-hybridized carbons (Fsp3) is 0.923. The average Bonchev–Trinajstić information content (AvgIpc) is 3.24. The molecular weight excluding hydrogens is 531 g/mol. The molecule has 0 radical (unpaired) electrons. The highest BCUT2D eigenvalue weighted by atomic mass is 127. The van der Waals surface area contributed by atoms with E-state index in [9.17, 15) is 0 Å². The predicted molar refractivity (Wildman–Crippen MR) is 147 cm³/mol. The van der Waals surface area contributed by atoms with Gasteiger partial charge in [-0.2, -0.15) is 0 Å². The molecule has 4 nitrogen and oxygen atoms in total. The Labute approximate surface area is 213 Å². The molecule has 32 heavy (non-hydrogen) atoms. The molecule has 2 unspecified atom stereocenters. The van der Waals surface area contributed by atoms with Crippen molar-refractivity contribution in [2.24, 2.45) is 11.8 Å². The normalized spacial score (nSPS) is 28.1. The topological polar surface area (TPSA) is 36.9 Å². The van der Waals surface area contributed by atoms with Gasteiger partial charge in [0.05, 0.1) is 18.3 Å². The first-order chi connectivity index (χ1) is 14.6. The number of alkyl halides is 1. The number of ether oxygens (including phenoxy) is 3. The van der Waals surface area contributed by atoms with Gasteiger partial charge in [-0.25, -0.2) is 0 Å². The third-order valence-corrected chi connectivity index (χ3v) is 12.1. The van der Waals surface area contributed by atoms with Crippen LogP contribution in [0.3, 0.4) is 0 Å². The molecule has 2 rings (SSSR count). The first kappa shape index (κ1) is 30.6. The van der Waals surface area contributed by atoms with Crippen molar-refractivity contribution in [2.45, 2.75) is 130 Å². The molecular formula is C26H51IO4Si. The molecule has 0 spiro atoms. The standard InChI is InChI=1S/C21H41IO3Si.C5H10O/c1-15(2)16(3)11-12-18(25-26(9,10)20(4,5)6)19-17(13-14-22)23-21(7,8)24-19;1-5-3-2-4-6-5/h11-12,15-19H,13-14H2,1-10H3;5H,2-4H2,1H3/b12-11-;/t16-,17+,18?,19+;/m1./s1. The lowest BCUT2D eigenvalue weighted by molar-refractivity contribution is -0.151. The van der Waals surface area contributed by atoms with Crippen LogP contribution in [0.5, 0.6) is 0 Å². The zero-order valence-corrected chi connectivity index (χ0v) is 25.8. The Morgan fingerprint density at radius 2 is 1.75 bits per heavy atom. The molecule has 2 aliphatic heterocycles. The zero-order valence-electron chi connectivity index (χ0n) is 22.7. The summed E-state index contributed by atoms with van der Waals surface area (Å²) in [5.74, 6) is 0.578. The van der Waals surface area contributed by atoms with Gasteiger partial charge in [0, 0.05) is 11.0 Å². The van der Waals surface area contributed by atoms with E-state index in [1.54, 1.807) is 0 Å². The van der Waals surface area contributed by atoms with Crippen molar-refractivity contribution in [3.63, 3.8) is 0 Å². The van der Waals surface area contributed by atoms with Gasteiger partial charge in [-0.3, -0.25) is 0 Å². The summed E-state index contributed by atoms with van der Waals surface area (Å²) in [5, 5.41) is 0.163. The Kier molecular flexibility index (Phi) is 12.4. The number of rotatable bonds is 8. The Morgan fingerprint density at radius 3 is 2.16 bits per heavy atom. The molecule has 2 aliphatic rings.